The van der Waals surface area contributed by atoms with E-state index < -0.39 is 0 Å². The van der Waals surface area contributed by atoms with Gasteiger partial charge < -0.3 is 9.88 Å². The number of anilines is 1. The van der Waals surface area contributed by atoms with Gasteiger partial charge in [-0.1, -0.05) is 36.7 Å². The number of hydrogen-bond donors (Lipinski definition) is 1. The van der Waals surface area contributed by atoms with Gasteiger partial charge >= 0.3 is 0 Å². The van der Waals surface area contributed by atoms with E-state index in [-0.39, 0.29) is 0 Å². The number of halogens is 1. The molecule has 0 radical (unpaired) electrons. The molecule has 2 unspecified atom stereocenters. The van der Waals surface area contributed by atoms with Crippen molar-refractivity contribution >= 4 is 32.5 Å². The number of aromatic amines is 1. The van der Waals surface area contributed by atoms with Crippen LogP contribution < -0.4 is 4.90 Å². The highest BCUT2D eigenvalue weighted by Crippen LogP contribution is 2.35. The number of H-pyrrole nitrogens is 1. The van der Waals surface area contributed by atoms with Crippen molar-refractivity contribution in [2.45, 2.75) is 33.6 Å². The van der Waals surface area contributed by atoms with Crippen LogP contribution in [-0.2, 0) is 6.42 Å². The maximum absolute atomic E-state index is 3.66. The van der Waals surface area contributed by atoms with E-state index in [1.807, 2.05) is 0 Å². The lowest BCUT2D eigenvalue weighted by atomic mass is 9.88. The molecule has 3 heteroatoms. The third-order valence-electron chi connectivity index (χ3n) is 4.79. The highest BCUT2D eigenvalue weighted by Gasteiger charge is 2.24. The number of benzene rings is 1. The third-order valence-corrected chi connectivity index (χ3v) is 5.25. The highest BCUT2D eigenvalue weighted by atomic mass is 79.9. The average Bonchev–Trinajstić information content (AvgIpc) is 2.83. The fraction of sp³-hybridized carbons (Fsp3) is 0.529. The normalized spacial score (nSPS) is 23.5. The Bertz CT molecular complexity index is 617. The molecule has 3 rings (SSSR count). The summed E-state index contributed by atoms with van der Waals surface area (Å²) in [5.41, 5.74) is 3.94. The number of piperidine rings is 1. The predicted octanol–water partition coefficient (Wildman–Crippen LogP) is 4.98. The SMILES string of the molecule is CCc1cc2c(N3CCC(C)C(C)C3)cc(Br)cc2[nH]1. The number of nitrogens with one attached hydrogen (secondary N) is 1. The van der Waals surface area contributed by atoms with E-state index in [0.717, 1.165) is 22.7 Å². The maximum Gasteiger partial charge on any atom is 0.0488 e. The van der Waals surface area contributed by atoms with E-state index in [9.17, 15) is 0 Å². The van der Waals surface area contributed by atoms with Crippen LogP contribution >= 0.6 is 15.9 Å². The summed E-state index contributed by atoms with van der Waals surface area (Å²) in [6.07, 6.45) is 2.35. The van der Waals surface area contributed by atoms with Crippen molar-refractivity contribution in [2.24, 2.45) is 11.8 Å². The van der Waals surface area contributed by atoms with Crippen molar-refractivity contribution in [2.75, 3.05) is 18.0 Å². The molecule has 1 saturated heterocycles. The van der Waals surface area contributed by atoms with E-state index in [2.05, 4.69) is 64.8 Å². The molecule has 2 atom stereocenters. The number of fused-ring (bicyclic) bond motifs is 1. The van der Waals surface area contributed by atoms with Crippen molar-refractivity contribution < 1.29 is 0 Å². The first-order valence-electron chi connectivity index (χ1n) is 7.64. The highest BCUT2D eigenvalue weighted by molar-refractivity contribution is 9.10. The molecule has 2 aromatic rings. The average molecular weight is 335 g/mol. The van der Waals surface area contributed by atoms with Gasteiger partial charge in [0, 0.05) is 39.8 Å². The number of rotatable bonds is 2. The van der Waals surface area contributed by atoms with Crippen molar-refractivity contribution in [3.63, 3.8) is 0 Å². The van der Waals surface area contributed by atoms with Crippen LogP contribution in [-0.4, -0.2) is 18.1 Å². The number of nitrogens with zero attached hydrogens (tertiary/aromatic N) is 1. The number of hydrogen-bond acceptors (Lipinski definition) is 1. The minimum absolute atomic E-state index is 0.766. The molecule has 1 aliphatic rings. The quantitative estimate of drug-likeness (QED) is 0.820. The molecule has 20 heavy (non-hydrogen) atoms. The Morgan fingerprint density at radius 3 is 2.75 bits per heavy atom. The van der Waals surface area contributed by atoms with Crippen LogP contribution in [0.5, 0.6) is 0 Å². The minimum atomic E-state index is 0.766. The summed E-state index contributed by atoms with van der Waals surface area (Å²) < 4.78 is 1.16. The van der Waals surface area contributed by atoms with Gasteiger partial charge in [-0.15, -0.1) is 0 Å². The van der Waals surface area contributed by atoms with Gasteiger partial charge in [0.1, 0.15) is 0 Å². The Morgan fingerprint density at radius 1 is 1.25 bits per heavy atom. The second-order valence-corrected chi connectivity index (χ2v) is 7.14. The monoisotopic (exact) mass is 334 g/mol. The Hall–Kier alpha value is -0.960. The summed E-state index contributed by atoms with van der Waals surface area (Å²) in [6, 6.07) is 6.78. The Morgan fingerprint density at radius 2 is 2.05 bits per heavy atom. The number of aryl methyl sites for hydroxylation is 1. The second kappa shape index (κ2) is 5.44. The summed E-state index contributed by atoms with van der Waals surface area (Å²) in [5, 5.41) is 1.37. The van der Waals surface area contributed by atoms with Crippen LogP contribution in [0.4, 0.5) is 5.69 Å². The lowest BCUT2D eigenvalue weighted by Gasteiger charge is -2.37. The molecule has 2 heterocycles. The molecule has 2 nitrogen and oxygen atoms in total. The van der Waals surface area contributed by atoms with Gasteiger partial charge in [0.15, 0.2) is 0 Å². The summed E-state index contributed by atoms with van der Waals surface area (Å²) in [4.78, 5) is 6.09. The molecular formula is C17H23BrN2. The summed E-state index contributed by atoms with van der Waals surface area (Å²) in [6.45, 7) is 9.29. The Labute approximate surface area is 129 Å². The van der Waals surface area contributed by atoms with Crippen molar-refractivity contribution in [1.82, 2.24) is 4.98 Å². The lowest BCUT2D eigenvalue weighted by Crippen LogP contribution is -2.38. The van der Waals surface area contributed by atoms with Crippen LogP contribution in [0.3, 0.4) is 0 Å². The van der Waals surface area contributed by atoms with Gasteiger partial charge in [-0.25, -0.2) is 0 Å². The molecule has 1 N–H and O–H groups in total. The van der Waals surface area contributed by atoms with Crippen LogP contribution in [0.1, 0.15) is 32.9 Å². The zero-order chi connectivity index (χ0) is 14.3. The van der Waals surface area contributed by atoms with Gasteiger partial charge in [-0.2, -0.15) is 0 Å². The summed E-state index contributed by atoms with van der Waals surface area (Å²) in [7, 11) is 0. The summed E-state index contributed by atoms with van der Waals surface area (Å²) >= 11 is 3.66. The van der Waals surface area contributed by atoms with Crippen LogP contribution in [0.25, 0.3) is 10.9 Å². The fourth-order valence-corrected chi connectivity index (χ4v) is 3.62. The van der Waals surface area contributed by atoms with Crippen molar-refractivity contribution in [3.05, 3.63) is 28.4 Å². The Kier molecular flexibility index (Phi) is 3.80. The maximum atomic E-state index is 3.66. The van der Waals surface area contributed by atoms with E-state index >= 15 is 0 Å². The molecule has 0 spiro atoms. The minimum Gasteiger partial charge on any atom is -0.371 e. The molecule has 1 aromatic heterocycles. The first kappa shape index (κ1) is 14.0. The van der Waals surface area contributed by atoms with Gasteiger partial charge in [0.05, 0.1) is 0 Å². The van der Waals surface area contributed by atoms with Gasteiger partial charge in [0.2, 0.25) is 0 Å². The molecule has 0 aliphatic carbocycles. The lowest BCUT2D eigenvalue weighted by molar-refractivity contribution is 0.324. The third kappa shape index (κ3) is 2.48. The molecule has 0 amide bonds. The molecule has 1 fully saturated rings. The van der Waals surface area contributed by atoms with Gasteiger partial charge in [0.25, 0.3) is 0 Å². The topological polar surface area (TPSA) is 19.0 Å². The van der Waals surface area contributed by atoms with Crippen molar-refractivity contribution in [3.8, 4) is 0 Å². The fourth-order valence-electron chi connectivity index (χ4n) is 3.18. The van der Waals surface area contributed by atoms with Gasteiger partial charge in [-0.3, -0.25) is 0 Å². The molecule has 108 valence electrons. The van der Waals surface area contributed by atoms with Gasteiger partial charge in [-0.05, 0) is 42.9 Å². The smallest absolute Gasteiger partial charge is 0.0488 e. The molecular weight excluding hydrogens is 312 g/mol. The molecule has 0 bridgehead atoms. The second-order valence-electron chi connectivity index (χ2n) is 6.22. The zero-order valence-corrected chi connectivity index (χ0v) is 14.1. The predicted molar refractivity (Wildman–Crippen MR) is 90.5 cm³/mol. The van der Waals surface area contributed by atoms with Crippen LogP contribution in [0.2, 0.25) is 0 Å². The van der Waals surface area contributed by atoms with Crippen molar-refractivity contribution in [1.29, 1.82) is 0 Å². The first-order valence-corrected chi connectivity index (χ1v) is 8.44. The largest absolute Gasteiger partial charge is 0.371 e. The zero-order valence-electron chi connectivity index (χ0n) is 12.5. The summed E-state index contributed by atoms with van der Waals surface area (Å²) in [5.74, 6) is 1.61. The van der Waals surface area contributed by atoms with E-state index in [4.69, 9.17) is 0 Å². The number of aromatic nitrogens is 1. The molecule has 1 aliphatic heterocycles. The Balaban J connectivity index is 2.03. The molecule has 1 aromatic carbocycles. The molecule has 0 saturated carbocycles. The standard InChI is InChI=1S/C17H23BrN2/c1-4-14-9-15-16(19-14)7-13(18)8-17(15)20-6-5-11(2)12(3)10-20/h7-9,11-12,19H,4-6,10H2,1-3H3. The van der Waals surface area contributed by atoms with E-state index in [1.54, 1.807) is 0 Å². The van der Waals surface area contributed by atoms with Crippen LogP contribution in [0.15, 0.2) is 22.7 Å². The van der Waals surface area contributed by atoms with Crippen LogP contribution in [0, 0.1) is 11.8 Å². The van der Waals surface area contributed by atoms with E-state index in [1.165, 1.54) is 41.8 Å². The first-order chi connectivity index (χ1) is 9.58. The van der Waals surface area contributed by atoms with E-state index in [0.29, 0.717) is 0 Å².